The lowest BCUT2D eigenvalue weighted by atomic mass is 10.1. The van der Waals surface area contributed by atoms with Crippen molar-refractivity contribution in [2.45, 2.75) is 18.9 Å². The zero-order valence-corrected chi connectivity index (χ0v) is 18.9. The van der Waals surface area contributed by atoms with Crippen molar-refractivity contribution in [1.82, 2.24) is 19.9 Å². The topological polar surface area (TPSA) is 104 Å². The quantitative estimate of drug-likeness (QED) is 0.565. The maximum absolute atomic E-state index is 10.9. The number of aromatic nitrogens is 3. The number of hydrogen-bond donors (Lipinski definition) is 2. The standard InChI is InChI=1S/C23H26ClN5O4/c24-18-13-19-22(27-23(25-19)33-17-5-7-28(8-6-17)14-20(30)31)26-21(18)15-1-3-16(4-2-15)29-9-11-32-12-10-29/h1-4,13,17H,5-12,14H2,(H,30,31)(H,25,26,27). The van der Waals surface area contributed by atoms with E-state index in [2.05, 4.69) is 32.0 Å². The number of fused-ring (bicyclic) bond motifs is 1. The molecule has 2 aliphatic rings. The van der Waals surface area contributed by atoms with Crippen LogP contribution in [-0.4, -0.2) is 83.0 Å². The average Bonchev–Trinajstić information content (AvgIpc) is 3.21. The molecule has 1 aromatic carbocycles. The van der Waals surface area contributed by atoms with Gasteiger partial charge < -0.3 is 24.5 Å². The van der Waals surface area contributed by atoms with Crippen molar-refractivity contribution >= 4 is 34.4 Å². The minimum Gasteiger partial charge on any atom is -0.480 e. The molecule has 3 aromatic rings. The van der Waals surface area contributed by atoms with Crippen molar-refractivity contribution in [2.75, 3.05) is 50.8 Å². The molecule has 33 heavy (non-hydrogen) atoms. The van der Waals surface area contributed by atoms with Crippen LogP contribution in [-0.2, 0) is 9.53 Å². The molecular formula is C23H26ClN5O4. The normalized spacial score (nSPS) is 18.0. The number of rotatable bonds is 6. The fourth-order valence-electron chi connectivity index (χ4n) is 4.34. The second-order valence-electron chi connectivity index (χ2n) is 8.37. The molecule has 5 rings (SSSR count). The molecule has 9 nitrogen and oxygen atoms in total. The van der Waals surface area contributed by atoms with Crippen LogP contribution in [0.4, 0.5) is 5.69 Å². The number of anilines is 1. The zero-order valence-electron chi connectivity index (χ0n) is 18.2. The van der Waals surface area contributed by atoms with E-state index in [1.165, 1.54) is 0 Å². The number of halogens is 1. The maximum atomic E-state index is 10.9. The van der Waals surface area contributed by atoms with Crippen molar-refractivity contribution in [2.24, 2.45) is 0 Å². The van der Waals surface area contributed by atoms with Gasteiger partial charge in [-0.05, 0) is 31.0 Å². The highest BCUT2D eigenvalue weighted by Crippen LogP contribution is 2.31. The fourth-order valence-corrected chi connectivity index (χ4v) is 4.60. The molecule has 0 bridgehead atoms. The van der Waals surface area contributed by atoms with E-state index in [-0.39, 0.29) is 12.6 Å². The van der Waals surface area contributed by atoms with Crippen molar-refractivity contribution in [3.05, 3.63) is 35.4 Å². The van der Waals surface area contributed by atoms with Gasteiger partial charge in [0.2, 0.25) is 0 Å². The van der Waals surface area contributed by atoms with Crippen molar-refractivity contribution < 1.29 is 19.4 Å². The largest absolute Gasteiger partial charge is 0.480 e. The Morgan fingerprint density at radius 2 is 1.88 bits per heavy atom. The first-order valence-corrected chi connectivity index (χ1v) is 11.5. The number of ether oxygens (including phenoxy) is 2. The van der Waals surface area contributed by atoms with Crippen LogP contribution in [0.25, 0.3) is 22.4 Å². The second kappa shape index (κ2) is 9.54. The lowest BCUT2D eigenvalue weighted by Crippen LogP contribution is -2.40. The summed E-state index contributed by atoms with van der Waals surface area (Å²) in [5, 5.41) is 9.48. The highest BCUT2D eigenvalue weighted by Gasteiger charge is 2.23. The molecule has 2 N–H and O–H groups in total. The zero-order chi connectivity index (χ0) is 22.8. The van der Waals surface area contributed by atoms with Crippen molar-refractivity contribution in [3.63, 3.8) is 0 Å². The number of likely N-dealkylation sites (tertiary alicyclic amines) is 1. The average molecular weight is 472 g/mol. The van der Waals surface area contributed by atoms with Crippen molar-refractivity contribution in [1.29, 1.82) is 0 Å². The summed E-state index contributed by atoms with van der Waals surface area (Å²) < 4.78 is 11.4. The van der Waals surface area contributed by atoms with Gasteiger partial charge in [0, 0.05) is 37.4 Å². The van der Waals surface area contributed by atoms with Gasteiger partial charge in [-0.25, -0.2) is 4.98 Å². The van der Waals surface area contributed by atoms with Gasteiger partial charge in [0.15, 0.2) is 5.65 Å². The van der Waals surface area contributed by atoms with Crippen LogP contribution in [0.2, 0.25) is 5.02 Å². The summed E-state index contributed by atoms with van der Waals surface area (Å²) in [7, 11) is 0. The summed E-state index contributed by atoms with van der Waals surface area (Å²) in [5.74, 6) is -0.804. The number of carbonyl (C=O) groups is 1. The summed E-state index contributed by atoms with van der Waals surface area (Å²) >= 11 is 6.55. The first-order valence-electron chi connectivity index (χ1n) is 11.2. The first kappa shape index (κ1) is 21.9. The van der Waals surface area contributed by atoms with E-state index in [0.717, 1.165) is 50.4 Å². The Bertz CT molecular complexity index is 1120. The number of nitrogens with one attached hydrogen (secondary N) is 1. The Hall–Kier alpha value is -2.88. The molecule has 0 saturated carbocycles. The molecule has 0 atom stereocenters. The third-order valence-electron chi connectivity index (χ3n) is 6.09. The first-order chi connectivity index (χ1) is 16.0. The predicted molar refractivity (Wildman–Crippen MR) is 125 cm³/mol. The molecule has 2 aliphatic heterocycles. The molecule has 2 saturated heterocycles. The van der Waals surface area contributed by atoms with E-state index in [4.69, 9.17) is 26.2 Å². The minimum absolute atomic E-state index is 0.0155. The van der Waals surface area contributed by atoms with E-state index < -0.39 is 5.97 Å². The molecular weight excluding hydrogens is 446 g/mol. The van der Waals surface area contributed by atoms with E-state index >= 15 is 0 Å². The minimum atomic E-state index is -0.804. The van der Waals surface area contributed by atoms with Gasteiger partial charge in [-0.15, -0.1) is 0 Å². The van der Waals surface area contributed by atoms with E-state index in [1.807, 2.05) is 23.1 Å². The Morgan fingerprint density at radius 1 is 1.15 bits per heavy atom. The molecule has 2 aromatic heterocycles. The van der Waals surface area contributed by atoms with Crippen LogP contribution in [0.5, 0.6) is 6.01 Å². The SMILES string of the molecule is O=C(O)CN1CCC(Oc2nc3nc(-c4ccc(N5CCOCC5)cc4)c(Cl)cc3[nH]2)CC1. The van der Waals surface area contributed by atoms with Gasteiger partial charge in [0.25, 0.3) is 6.01 Å². The van der Waals surface area contributed by atoms with Crippen LogP contribution >= 0.6 is 11.6 Å². The Kier molecular flexibility index (Phi) is 6.34. The van der Waals surface area contributed by atoms with Gasteiger partial charge in [-0.1, -0.05) is 23.7 Å². The van der Waals surface area contributed by atoms with Crippen LogP contribution < -0.4 is 9.64 Å². The van der Waals surface area contributed by atoms with Crippen LogP contribution in [0.1, 0.15) is 12.8 Å². The Labute approximate surface area is 196 Å². The second-order valence-corrected chi connectivity index (χ2v) is 8.77. The molecule has 0 amide bonds. The molecule has 0 unspecified atom stereocenters. The van der Waals surface area contributed by atoms with Crippen LogP contribution in [0, 0.1) is 0 Å². The number of piperidine rings is 1. The monoisotopic (exact) mass is 471 g/mol. The molecule has 174 valence electrons. The molecule has 2 fully saturated rings. The summed E-state index contributed by atoms with van der Waals surface area (Å²) in [4.78, 5) is 27.4. The van der Waals surface area contributed by atoms with E-state index in [9.17, 15) is 4.79 Å². The van der Waals surface area contributed by atoms with Gasteiger partial charge in [-0.3, -0.25) is 9.69 Å². The number of nitrogens with zero attached hydrogens (tertiary/aromatic N) is 4. The third kappa shape index (κ3) is 5.05. The number of aliphatic carboxylic acids is 1. The van der Waals surface area contributed by atoms with E-state index in [0.29, 0.717) is 41.0 Å². The van der Waals surface area contributed by atoms with Gasteiger partial charge >= 0.3 is 5.97 Å². The molecule has 0 radical (unpaired) electrons. The number of aromatic amines is 1. The van der Waals surface area contributed by atoms with Crippen LogP contribution in [0.15, 0.2) is 30.3 Å². The van der Waals surface area contributed by atoms with Crippen LogP contribution in [0.3, 0.4) is 0 Å². The Balaban J connectivity index is 1.29. The number of hydrogen-bond acceptors (Lipinski definition) is 7. The highest BCUT2D eigenvalue weighted by molar-refractivity contribution is 6.33. The van der Waals surface area contributed by atoms with Crippen molar-refractivity contribution in [3.8, 4) is 17.3 Å². The van der Waals surface area contributed by atoms with E-state index in [1.54, 1.807) is 0 Å². The number of benzene rings is 1. The number of carboxylic acids is 1. The lowest BCUT2D eigenvalue weighted by molar-refractivity contribution is -0.138. The third-order valence-corrected chi connectivity index (χ3v) is 6.38. The number of H-pyrrole nitrogens is 1. The summed E-state index contributed by atoms with van der Waals surface area (Å²) in [6.45, 7) is 4.71. The maximum Gasteiger partial charge on any atom is 0.317 e. The highest BCUT2D eigenvalue weighted by atomic mass is 35.5. The van der Waals surface area contributed by atoms with Gasteiger partial charge in [0.1, 0.15) is 6.10 Å². The molecule has 4 heterocycles. The summed E-state index contributed by atoms with van der Waals surface area (Å²) in [5.41, 5.74) is 4.02. The van der Waals surface area contributed by atoms with Gasteiger partial charge in [-0.2, -0.15) is 4.98 Å². The lowest BCUT2D eigenvalue weighted by Gasteiger charge is -2.30. The molecule has 0 spiro atoms. The number of morpholine rings is 1. The number of imidazole rings is 1. The number of pyridine rings is 1. The molecule has 0 aliphatic carbocycles. The predicted octanol–water partition coefficient (Wildman–Crippen LogP) is 3.04. The smallest absolute Gasteiger partial charge is 0.317 e. The molecule has 10 heteroatoms. The fraction of sp³-hybridized carbons (Fsp3) is 0.435. The Morgan fingerprint density at radius 3 is 2.58 bits per heavy atom. The number of carboxylic acid groups (broad SMARTS) is 1. The summed E-state index contributed by atoms with van der Waals surface area (Å²) in [6, 6.07) is 10.5. The summed E-state index contributed by atoms with van der Waals surface area (Å²) in [6.07, 6.45) is 1.48. The van der Waals surface area contributed by atoms with Gasteiger partial charge in [0.05, 0.1) is 36.0 Å².